The van der Waals surface area contributed by atoms with Gasteiger partial charge in [-0.2, -0.15) is 0 Å². The van der Waals surface area contributed by atoms with Crippen LogP contribution in [0.3, 0.4) is 0 Å². The van der Waals surface area contributed by atoms with Crippen molar-refractivity contribution < 1.29 is 19.4 Å². The van der Waals surface area contributed by atoms with E-state index in [1.165, 1.54) is 18.1 Å². The van der Waals surface area contributed by atoms with Gasteiger partial charge in [0.2, 0.25) is 0 Å². The molecule has 1 aliphatic rings. The number of carbonyl (C=O) groups excluding carboxylic acids is 2. The molecule has 0 unspecified atom stereocenters. The molecule has 1 fully saturated rings. The molecule has 2 aromatic carbocycles. The Balaban J connectivity index is 2.09. The number of nitrogens with zero attached hydrogens (tertiary/aromatic N) is 1. The van der Waals surface area contributed by atoms with E-state index in [1.54, 1.807) is 30.3 Å². The maximum atomic E-state index is 13.2. The number of aromatic hydroxyl groups is 1. The highest BCUT2D eigenvalue weighted by Gasteiger charge is 2.35. The molecule has 0 radical (unpaired) electrons. The Bertz CT molecular complexity index is 1110. The molecule has 1 heterocycles. The Morgan fingerprint density at radius 2 is 2.03 bits per heavy atom. The van der Waals surface area contributed by atoms with E-state index in [0.717, 1.165) is 10.0 Å². The summed E-state index contributed by atoms with van der Waals surface area (Å²) in [4.78, 5) is 27.1. The van der Waals surface area contributed by atoms with Gasteiger partial charge in [-0.05, 0) is 73.1 Å². The molecule has 30 heavy (non-hydrogen) atoms. The Morgan fingerprint density at radius 3 is 2.67 bits per heavy atom. The lowest BCUT2D eigenvalue weighted by Crippen LogP contribution is -2.54. The summed E-state index contributed by atoms with van der Waals surface area (Å²) < 4.78 is 6.08. The van der Waals surface area contributed by atoms with E-state index in [-0.39, 0.29) is 22.2 Å². The van der Waals surface area contributed by atoms with Crippen molar-refractivity contribution in [2.75, 3.05) is 12.0 Å². The average Bonchev–Trinajstić information content (AvgIpc) is 2.69. The minimum Gasteiger partial charge on any atom is -0.504 e. The van der Waals surface area contributed by atoms with Gasteiger partial charge in [-0.3, -0.25) is 19.8 Å². The summed E-state index contributed by atoms with van der Waals surface area (Å²) in [6.45, 7) is 5.53. The highest BCUT2D eigenvalue weighted by atomic mass is 79.9. The van der Waals surface area contributed by atoms with Gasteiger partial charge in [-0.1, -0.05) is 22.0 Å². The van der Waals surface area contributed by atoms with Crippen LogP contribution in [0, 0.1) is 6.92 Å². The number of ether oxygens (including phenoxy) is 1. The lowest BCUT2D eigenvalue weighted by atomic mass is 10.0. The van der Waals surface area contributed by atoms with Crippen molar-refractivity contribution in [1.29, 1.82) is 0 Å². The fourth-order valence-corrected chi connectivity index (χ4v) is 3.90. The molecule has 3 rings (SSSR count). The first kappa shape index (κ1) is 21.7. The lowest BCUT2D eigenvalue weighted by molar-refractivity contribution is -0.122. The van der Waals surface area contributed by atoms with Crippen LogP contribution in [-0.2, 0) is 16.0 Å². The van der Waals surface area contributed by atoms with Gasteiger partial charge >= 0.3 is 0 Å². The van der Waals surface area contributed by atoms with Gasteiger partial charge in [-0.15, -0.1) is 6.58 Å². The van der Waals surface area contributed by atoms with Crippen molar-refractivity contribution in [3.8, 4) is 11.5 Å². The van der Waals surface area contributed by atoms with E-state index in [2.05, 4.69) is 27.8 Å². The van der Waals surface area contributed by atoms with Gasteiger partial charge in [-0.25, -0.2) is 0 Å². The van der Waals surface area contributed by atoms with Crippen LogP contribution in [0.1, 0.15) is 16.7 Å². The van der Waals surface area contributed by atoms with Gasteiger partial charge < -0.3 is 9.84 Å². The van der Waals surface area contributed by atoms with Crippen molar-refractivity contribution in [1.82, 2.24) is 5.32 Å². The fraction of sp³-hybridized carbons (Fsp3) is 0.136. The number of hydrogen-bond donors (Lipinski definition) is 2. The average molecular weight is 487 g/mol. The van der Waals surface area contributed by atoms with Crippen LogP contribution in [0.4, 0.5) is 5.69 Å². The monoisotopic (exact) mass is 486 g/mol. The molecule has 0 bridgehead atoms. The van der Waals surface area contributed by atoms with E-state index >= 15 is 0 Å². The topological polar surface area (TPSA) is 78.9 Å². The maximum Gasteiger partial charge on any atom is 0.270 e. The van der Waals surface area contributed by atoms with Gasteiger partial charge in [0.1, 0.15) is 5.57 Å². The molecule has 2 N–H and O–H groups in total. The molecular formula is C22H19BrN2O4S. The molecule has 0 aromatic heterocycles. The number of methoxy groups -OCH3 is 1. The first-order chi connectivity index (χ1) is 14.3. The number of carbonyl (C=O) groups is 2. The SMILES string of the molecule is C=CCc1cc(/C=C2\C(=O)NC(=S)N(c3ccc(Br)cc3C)C2=O)cc(OC)c1O. The highest BCUT2D eigenvalue weighted by molar-refractivity contribution is 9.10. The lowest BCUT2D eigenvalue weighted by Gasteiger charge is -2.30. The molecule has 2 amide bonds. The number of aryl methyl sites for hydroxylation is 1. The van der Waals surface area contributed by atoms with Crippen LogP contribution in [0.5, 0.6) is 11.5 Å². The number of allylic oxidation sites excluding steroid dienone is 1. The summed E-state index contributed by atoms with van der Waals surface area (Å²) in [5.74, 6) is -0.895. The van der Waals surface area contributed by atoms with Crippen LogP contribution in [0.2, 0.25) is 0 Å². The summed E-state index contributed by atoms with van der Waals surface area (Å²) in [7, 11) is 1.43. The molecule has 0 aliphatic carbocycles. The molecule has 1 aliphatic heterocycles. The summed E-state index contributed by atoms with van der Waals surface area (Å²) in [6.07, 6.45) is 3.49. The second-order valence-corrected chi connectivity index (χ2v) is 7.91. The third-order valence-electron chi connectivity index (χ3n) is 4.57. The molecule has 2 aromatic rings. The number of hydrogen-bond acceptors (Lipinski definition) is 5. The standard InChI is InChI=1S/C22H19BrN2O4S/c1-4-5-14-9-13(11-18(29-3)19(14)26)10-16-20(27)24-22(30)25(21(16)28)17-7-6-15(23)8-12(17)2/h4,6-11,26H,1,5H2,2-3H3,(H,24,27,30)/b16-10+. The molecular weight excluding hydrogens is 468 g/mol. The quantitative estimate of drug-likeness (QED) is 0.288. The minimum absolute atomic E-state index is 0.00716. The number of amides is 2. The van der Waals surface area contributed by atoms with Crippen molar-refractivity contribution in [2.45, 2.75) is 13.3 Å². The molecule has 8 heteroatoms. The highest BCUT2D eigenvalue weighted by Crippen LogP contribution is 2.33. The van der Waals surface area contributed by atoms with Crippen molar-refractivity contribution >= 4 is 56.8 Å². The van der Waals surface area contributed by atoms with Crippen molar-refractivity contribution in [3.05, 3.63) is 69.7 Å². The second kappa shape index (κ2) is 8.81. The Hall–Kier alpha value is -2.97. The van der Waals surface area contributed by atoms with E-state index in [4.69, 9.17) is 17.0 Å². The zero-order valence-electron chi connectivity index (χ0n) is 16.4. The fourth-order valence-electron chi connectivity index (χ4n) is 3.15. The molecule has 0 saturated carbocycles. The van der Waals surface area contributed by atoms with Crippen LogP contribution < -0.4 is 15.0 Å². The number of phenolic OH excluding ortho intramolecular Hbond substituents is 1. The third-order valence-corrected chi connectivity index (χ3v) is 5.35. The van der Waals surface area contributed by atoms with E-state index in [0.29, 0.717) is 23.2 Å². The molecule has 154 valence electrons. The number of benzene rings is 2. The number of halogens is 1. The number of nitrogens with one attached hydrogen (secondary N) is 1. The number of thiocarbonyl (C=S) groups is 1. The third kappa shape index (κ3) is 4.15. The van der Waals surface area contributed by atoms with E-state index in [9.17, 15) is 14.7 Å². The molecule has 0 spiro atoms. The van der Waals surface area contributed by atoms with Crippen molar-refractivity contribution in [3.63, 3.8) is 0 Å². The Morgan fingerprint density at radius 1 is 1.30 bits per heavy atom. The normalized spacial score (nSPS) is 15.4. The maximum absolute atomic E-state index is 13.2. The Labute approximate surface area is 188 Å². The number of phenols is 1. The Kier molecular flexibility index (Phi) is 6.38. The van der Waals surface area contributed by atoms with Gasteiger partial charge in [0.15, 0.2) is 16.6 Å². The minimum atomic E-state index is -0.590. The van der Waals surface area contributed by atoms with E-state index in [1.807, 2.05) is 13.0 Å². The van der Waals surface area contributed by atoms with E-state index < -0.39 is 11.8 Å². The van der Waals surface area contributed by atoms with Gasteiger partial charge in [0, 0.05) is 10.0 Å². The zero-order chi connectivity index (χ0) is 22.0. The van der Waals surface area contributed by atoms with Crippen LogP contribution in [0.25, 0.3) is 6.08 Å². The van der Waals surface area contributed by atoms with Crippen LogP contribution in [0.15, 0.2) is 53.0 Å². The van der Waals surface area contributed by atoms with Gasteiger partial charge in [0.25, 0.3) is 11.8 Å². The first-order valence-electron chi connectivity index (χ1n) is 8.95. The summed E-state index contributed by atoms with van der Waals surface area (Å²) in [6, 6.07) is 8.64. The summed E-state index contributed by atoms with van der Waals surface area (Å²) in [5, 5.41) is 12.9. The summed E-state index contributed by atoms with van der Waals surface area (Å²) in [5.41, 5.74) is 2.41. The molecule has 6 nitrogen and oxygen atoms in total. The predicted molar refractivity (Wildman–Crippen MR) is 124 cm³/mol. The smallest absolute Gasteiger partial charge is 0.270 e. The second-order valence-electron chi connectivity index (χ2n) is 6.61. The van der Waals surface area contributed by atoms with Gasteiger partial charge in [0.05, 0.1) is 12.8 Å². The van der Waals surface area contributed by atoms with Crippen LogP contribution >= 0.6 is 28.1 Å². The predicted octanol–water partition coefficient (Wildman–Crippen LogP) is 4.03. The number of anilines is 1. The number of rotatable bonds is 5. The summed E-state index contributed by atoms with van der Waals surface area (Å²) >= 11 is 8.65. The molecule has 1 saturated heterocycles. The van der Waals surface area contributed by atoms with Crippen LogP contribution in [-0.4, -0.2) is 29.1 Å². The molecule has 0 atom stereocenters. The largest absolute Gasteiger partial charge is 0.504 e. The first-order valence-corrected chi connectivity index (χ1v) is 10.1. The van der Waals surface area contributed by atoms with Crippen molar-refractivity contribution in [2.24, 2.45) is 0 Å². The zero-order valence-corrected chi connectivity index (χ0v) is 18.8.